The molecule has 2 aliphatic rings. The second kappa shape index (κ2) is 6.22. The van der Waals surface area contributed by atoms with Crippen molar-refractivity contribution in [3.63, 3.8) is 0 Å². The van der Waals surface area contributed by atoms with E-state index in [0.717, 1.165) is 6.08 Å². The topological polar surface area (TPSA) is 108 Å². The van der Waals surface area contributed by atoms with Crippen LogP contribution in [0.5, 0.6) is 0 Å². The fraction of sp³-hybridized carbons (Fsp3) is 0.667. The summed E-state index contributed by atoms with van der Waals surface area (Å²) in [7, 11) is 0. The normalized spacial score (nSPS) is 35.2. The molecule has 118 valence electrons. The number of carbonyl (C=O) groups excluding carboxylic acids is 2. The van der Waals surface area contributed by atoms with E-state index in [4.69, 9.17) is 18.2 Å². The highest BCUT2D eigenvalue weighted by molar-refractivity contribution is 7.74. The third-order valence-electron chi connectivity index (χ3n) is 3.56. The van der Waals surface area contributed by atoms with Gasteiger partial charge in [-0.2, -0.15) is 4.21 Å². The van der Waals surface area contributed by atoms with Gasteiger partial charge < -0.3 is 14.2 Å². The monoisotopic (exact) mass is 320 g/mol. The molecule has 2 rings (SSSR count). The van der Waals surface area contributed by atoms with E-state index in [1.54, 1.807) is 6.92 Å². The maximum atomic E-state index is 11.6. The average Bonchev–Trinajstić information content (AvgIpc) is 2.92. The molecule has 0 aromatic rings. The Hall–Kier alpha value is -1.29. The Morgan fingerprint density at radius 3 is 2.90 bits per heavy atom. The fourth-order valence-electron chi connectivity index (χ4n) is 2.63. The van der Waals surface area contributed by atoms with Gasteiger partial charge >= 0.3 is 23.3 Å². The van der Waals surface area contributed by atoms with Gasteiger partial charge in [0.15, 0.2) is 12.7 Å². The van der Waals surface area contributed by atoms with E-state index >= 15 is 0 Å². The Bertz CT molecular complexity index is 478. The van der Waals surface area contributed by atoms with Gasteiger partial charge in [0.25, 0.3) is 0 Å². The average molecular weight is 320 g/mol. The van der Waals surface area contributed by atoms with Crippen LogP contribution < -0.4 is 0 Å². The number of hydrogen-bond donors (Lipinski definition) is 1. The lowest BCUT2D eigenvalue weighted by Crippen LogP contribution is -2.48. The zero-order chi connectivity index (χ0) is 15.6. The van der Waals surface area contributed by atoms with Gasteiger partial charge in [0, 0.05) is 6.08 Å². The van der Waals surface area contributed by atoms with Crippen LogP contribution in [0, 0.1) is 0 Å². The van der Waals surface area contributed by atoms with Crippen LogP contribution >= 0.6 is 0 Å². The highest BCUT2D eigenvalue weighted by Gasteiger charge is 2.60. The van der Waals surface area contributed by atoms with Crippen molar-refractivity contribution in [2.24, 2.45) is 0 Å². The summed E-state index contributed by atoms with van der Waals surface area (Å²) in [6.45, 7) is 4.36. The zero-order valence-electron chi connectivity index (χ0n) is 11.4. The molecule has 2 fully saturated rings. The number of esters is 2. The predicted molar refractivity (Wildman–Crippen MR) is 69.2 cm³/mol. The molecule has 0 saturated carbocycles. The second-order valence-corrected chi connectivity index (χ2v) is 5.63. The van der Waals surface area contributed by atoms with Crippen LogP contribution in [0.2, 0.25) is 0 Å². The van der Waals surface area contributed by atoms with Crippen molar-refractivity contribution in [3.8, 4) is 0 Å². The van der Waals surface area contributed by atoms with Crippen molar-refractivity contribution >= 4 is 23.3 Å². The van der Waals surface area contributed by atoms with Crippen molar-refractivity contribution in [2.45, 2.75) is 43.7 Å². The van der Waals surface area contributed by atoms with E-state index in [1.807, 2.05) is 0 Å². The molecule has 5 unspecified atom stereocenters. The summed E-state index contributed by atoms with van der Waals surface area (Å²) < 4.78 is 40.1. The summed E-state index contributed by atoms with van der Waals surface area (Å²) in [4.78, 5) is 22.5. The Balaban J connectivity index is 1.97. The van der Waals surface area contributed by atoms with Gasteiger partial charge in [-0.15, -0.1) is 0 Å². The standard InChI is InChI=1S/C12H16O8S/c1-3-8(13)17-6-9(14)18-10-7-4-5-12(2,19-7)11(10)20-21(15)16/h3,7,10-11H,1,4-6H2,2H3,(H,15,16). The molecule has 0 aliphatic carbocycles. The van der Waals surface area contributed by atoms with Crippen molar-refractivity contribution < 1.29 is 36.7 Å². The molecule has 21 heavy (non-hydrogen) atoms. The highest BCUT2D eigenvalue weighted by atomic mass is 32.2. The summed E-state index contributed by atoms with van der Waals surface area (Å²) in [5, 5.41) is 0. The minimum atomic E-state index is -2.50. The molecule has 2 heterocycles. The minimum absolute atomic E-state index is 0.400. The molecule has 8 nitrogen and oxygen atoms in total. The third-order valence-corrected chi connectivity index (χ3v) is 3.94. The lowest BCUT2D eigenvalue weighted by atomic mass is 9.85. The van der Waals surface area contributed by atoms with E-state index in [1.165, 1.54) is 0 Å². The molecule has 5 atom stereocenters. The predicted octanol–water partition coefficient (Wildman–Crippen LogP) is 0.101. The lowest BCUT2D eigenvalue weighted by molar-refractivity contribution is -0.165. The van der Waals surface area contributed by atoms with Crippen LogP contribution in [0.3, 0.4) is 0 Å². The second-order valence-electron chi connectivity index (χ2n) is 5.01. The van der Waals surface area contributed by atoms with Crippen molar-refractivity contribution in [3.05, 3.63) is 12.7 Å². The van der Waals surface area contributed by atoms with Gasteiger partial charge in [-0.3, -0.25) is 8.74 Å². The Morgan fingerprint density at radius 1 is 1.57 bits per heavy atom. The molecule has 0 radical (unpaired) electrons. The van der Waals surface area contributed by atoms with E-state index in [0.29, 0.717) is 12.8 Å². The van der Waals surface area contributed by atoms with Gasteiger partial charge in [0.2, 0.25) is 0 Å². The number of ether oxygens (including phenoxy) is 3. The van der Waals surface area contributed by atoms with Crippen LogP contribution in [0.4, 0.5) is 0 Å². The Labute approximate surface area is 123 Å². The minimum Gasteiger partial charge on any atom is -0.454 e. The molecule has 2 aliphatic heterocycles. The van der Waals surface area contributed by atoms with Crippen LogP contribution in [0.15, 0.2) is 12.7 Å². The molecular weight excluding hydrogens is 304 g/mol. The first-order chi connectivity index (χ1) is 9.85. The van der Waals surface area contributed by atoms with Crippen molar-refractivity contribution in [2.75, 3.05) is 6.61 Å². The van der Waals surface area contributed by atoms with Gasteiger partial charge in [-0.1, -0.05) is 6.58 Å². The maximum Gasteiger partial charge on any atom is 0.344 e. The molecule has 1 N–H and O–H groups in total. The van der Waals surface area contributed by atoms with Gasteiger partial charge in [0.1, 0.15) is 6.10 Å². The maximum absolute atomic E-state index is 11.6. The Morgan fingerprint density at radius 2 is 2.29 bits per heavy atom. The quantitative estimate of drug-likeness (QED) is 0.417. The smallest absolute Gasteiger partial charge is 0.344 e. The highest BCUT2D eigenvalue weighted by Crippen LogP contribution is 2.46. The molecule has 0 spiro atoms. The zero-order valence-corrected chi connectivity index (χ0v) is 12.2. The van der Waals surface area contributed by atoms with E-state index in [9.17, 15) is 13.8 Å². The number of fused-ring (bicyclic) bond motifs is 2. The van der Waals surface area contributed by atoms with Gasteiger partial charge in [-0.25, -0.2) is 9.59 Å². The lowest BCUT2D eigenvalue weighted by Gasteiger charge is -2.31. The molecule has 2 bridgehead atoms. The molecule has 0 amide bonds. The molecule has 2 saturated heterocycles. The summed E-state index contributed by atoms with van der Waals surface area (Å²) >= 11 is -2.50. The summed E-state index contributed by atoms with van der Waals surface area (Å²) in [5.74, 6) is -1.53. The summed E-state index contributed by atoms with van der Waals surface area (Å²) in [6.07, 6.45) is 0.159. The van der Waals surface area contributed by atoms with Gasteiger partial charge in [0.05, 0.1) is 11.7 Å². The van der Waals surface area contributed by atoms with Crippen molar-refractivity contribution in [1.82, 2.24) is 0 Å². The van der Waals surface area contributed by atoms with Gasteiger partial charge in [-0.05, 0) is 19.8 Å². The van der Waals surface area contributed by atoms with E-state index in [-0.39, 0.29) is 0 Å². The fourth-order valence-corrected chi connectivity index (χ4v) is 3.12. The molecule has 0 aromatic heterocycles. The first kappa shape index (κ1) is 16.1. The van der Waals surface area contributed by atoms with Crippen LogP contribution in [0.1, 0.15) is 19.8 Å². The summed E-state index contributed by atoms with van der Waals surface area (Å²) in [5.41, 5.74) is -0.772. The van der Waals surface area contributed by atoms with Crippen molar-refractivity contribution in [1.29, 1.82) is 0 Å². The molecule has 9 heteroatoms. The van der Waals surface area contributed by atoms with Crippen LogP contribution in [-0.2, 0) is 39.3 Å². The van der Waals surface area contributed by atoms with E-state index in [2.05, 4.69) is 11.3 Å². The number of rotatable bonds is 6. The largest absolute Gasteiger partial charge is 0.454 e. The van der Waals surface area contributed by atoms with E-state index < -0.39 is 53.8 Å². The molecule has 0 aromatic carbocycles. The Kier molecular flexibility index (Phi) is 4.77. The van der Waals surface area contributed by atoms with Crippen LogP contribution in [0.25, 0.3) is 0 Å². The number of carbonyl (C=O) groups is 2. The third kappa shape index (κ3) is 3.49. The number of hydrogen-bond acceptors (Lipinski definition) is 7. The molecular formula is C12H16O8S. The SMILES string of the molecule is C=CC(=O)OCC(=O)OC1C2CCC(C)(O2)C1OS(=O)O. The summed E-state index contributed by atoms with van der Waals surface area (Å²) in [6, 6.07) is 0. The first-order valence-corrected chi connectivity index (χ1v) is 7.33. The van der Waals surface area contributed by atoms with Crippen LogP contribution in [-0.4, -0.2) is 51.2 Å². The first-order valence-electron chi connectivity index (χ1n) is 6.30.